The summed E-state index contributed by atoms with van der Waals surface area (Å²) < 4.78 is 0. The van der Waals surface area contributed by atoms with Crippen molar-refractivity contribution in [1.82, 2.24) is 14.7 Å². The molecule has 7 nitrogen and oxygen atoms in total. The Morgan fingerprint density at radius 3 is 2.05 bits per heavy atom. The van der Waals surface area contributed by atoms with Gasteiger partial charge in [0.25, 0.3) is 5.91 Å². The zero-order valence-corrected chi connectivity index (χ0v) is 24.1. The number of anilines is 1. The smallest absolute Gasteiger partial charge is 0.250 e. The van der Waals surface area contributed by atoms with E-state index in [1.807, 2.05) is 46.2 Å². The molecule has 5 rings (SSSR count). The van der Waals surface area contributed by atoms with Crippen molar-refractivity contribution in [3.8, 4) is 0 Å². The van der Waals surface area contributed by atoms with E-state index in [0.29, 0.717) is 38.5 Å². The Morgan fingerprint density at radius 1 is 0.850 bits per heavy atom. The van der Waals surface area contributed by atoms with E-state index in [1.165, 1.54) is 5.56 Å². The predicted octanol–water partition coefficient (Wildman–Crippen LogP) is 4.57. The van der Waals surface area contributed by atoms with Crippen molar-refractivity contribution in [3.05, 3.63) is 66.2 Å². The van der Waals surface area contributed by atoms with E-state index in [2.05, 4.69) is 43.0 Å². The number of carbonyl (C=O) groups is 3. The van der Waals surface area contributed by atoms with Gasteiger partial charge in [0.2, 0.25) is 11.8 Å². The van der Waals surface area contributed by atoms with Crippen LogP contribution < -0.4 is 4.90 Å². The fourth-order valence-corrected chi connectivity index (χ4v) is 6.91. The molecule has 7 heteroatoms. The molecular formula is C33H44N4O3. The van der Waals surface area contributed by atoms with Crippen LogP contribution in [0.1, 0.15) is 57.9 Å². The first-order valence-corrected chi connectivity index (χ1v) is 15.2. The standard InChI is InChI=1S/C33H44N4O3/c1-3-28(4-2)31(39)35-21-17-33(18-22-35)32(40)36(25-37(33)29-13-9-6-10-14-29)24-30(38)34-19-15-27(16-20-34)23-26-11-7-5-8-12-26/h5-14,27-28H,3-4,15-25H2,1-2H3. The van der Waals surface area contributed by atoms with Crippen LogP contribution in [-0.2, 0) is 20.8 Å². The molecule has 0 aliphatic carbocycles. The van der Waals surface area contributed by atoms with Gasteiger partial charge in [-0.25, -0.2) is 0 Å². The first kappa shape index (κ1) is 28.2. The Morgan fingerprint density at radius 2 is 1.45 bits per heavy atom. The fourth-order valence-electron chi connectivity index (χ4n) is 6.91. The molecule has 0 radical (unpaired) electrons. The number of piperidine rings is 2. The maximum Gasteiger partial charge on any atom is 0.250 e. The summed E-state index contributed by atoms with van der Waals surface area (Å²) in [6.07, 6.45) is 5.89. The van der Waals surface area contributed by atoms with Gasteiger partial charge in [-0.1, -0.05) is 62.4 Å². The summed E-state index contributed by atoms with van der Waals surface area (Å²) in [6, 6.07) is 20.6. The van der Waals surface area contributed by atoms with Crippen LogP contribution in [0.15, 0.2) is 60.7 Å². The normalized spacial score (nSPS) is 19.6. The molecule has 2 aromatic rings. The molecule has 0 aromatic heterocycles. The lowest BCUT2D eigenvalue weighted by Gasteiger charge is -2.44. The molecule has 0 N–H and O–H groups in total. The van der Waals surface area contributed by atoms with Crippen molar-refractivity contribution in [1.29, 1.82) is 0 Å². The Hall–Kier alpha value is -3.35. The van der Waals surface area contributed by atoms with E-state index in [4.69, 9.17) is 0 Å². The van der Waals surface area contributed by atoms with Crippen LogP contribution in [0.4, 0.5) is 5.69 Å². The van der Waals surface area contributed by atoms with Crippen LogP contribution in [-0.4, -0.2) is 77.4 Å². The van der Waals surface area contributed by atoms with Gasteiger partial charge in [-0.15, -0.1) is 0 Å². The van der Waals surface area contributed by atoms with Crippen LogP contribution >= 0.6 is 0 Å². The molecule has 3 aliphatic rings. The Labute approximate surface area is 239 Å². The molecule has 0 atom stereocenters. The summed E-state index contributed by atoms with van der Waals surface area (Å²) in [4.78, 5) is 48.4. The molecule has 214 valence electrons. The van der Waals surface area contributed by atoms with Gasteiger partial charge in [0.1, 0.15) is 12.1 Å². The zero-order valence-electron chi connectivity index (χ0n) is 24.1. The van der Waals surface area contributed by atoms with Gasteiger partial charge in [-0.05, 0) is 68.6 Å². The van der Waals surface area contributed by atoms with E-state index in [-0.39, 0.29) is 30.2 Å². The average molecular weight is 545 g/mol. The van der Waals surface area contributed by atoms with E-state index in [1.54, 1.807) is 4.90 Å². The number of nitrogens with zero attached hydrogens (tertiary/aromatic N) is 4. The quantitative estimate of drug-likeness (QED) is 0.488. The topological polar surface area (TPSA) is 64.2 Å². The molecule has 3 fully saturated rings. The van der Waals surface area contributed by atoms with E-state index in [9.17, 15) is 14.4 Å². The third-order valence-electron chi connectivity index (χ3n) is 9.48. The van der Waals surface area contributed by atoms with Gasteiger partial charge in [-0.2, -0.15) is 0 Å². The lowest BCUT2D eigenvalue weighted by Crippen LogP contribution is -2.58. The molecule has 3 saturated heterocycles. The minimum atomic E-state index is -0.713. The first-order valence-electron chi connectivity index (χ1n) is 15.2. The lowest BCUT2D eigenvalue weighted by molar-refractivity contribution is -0.143. The summed E-state index contributed by atoms with van der Waals surface area (Å²) >= 11 is 0. The van der Waals surface area contributed by atoms with Gasteiger partial charge in [0.05, 0.1) is 6.67 Å². The molecule has 2 aromatic carbocycles. The van der Waals surface area contributed by atoms with Gasteiger partial charge >= 0.3 is 0 Å². The van der Waals surface area contributed by atoms with Crippen molar-refractivity contribution in [2.24, 2.45) is 11.8 Å². The van der Waals surface area contributed by atoms with Crippen LogP contribution in [0, 0.1) is 11.8 Å². The molecule has 3 heterocycles. The SMILES string of the molecule is CCC(CC)C(=O)N1CCC2(CC1)C(=O)N(CC(=O)N1CCC(Cc3ccccc3)CC1)CN2c1ccccc1. The number of hydrogen-bond donors (Lipinski definition) is 0. The first-order chi connectivity index (χ1) is 19.4. The second-order valence-corrected chi connectivity index (χ2v) is 11.8. The summed E-state index contributed by atoms with van der Waals surface area (Å²) in [6.45, 7) is 7.29. The molecule has 40 heavy (non-hydrogen) atoms. The maximum atomic E-state index is 14.1. The predicted molar refractivity (Wildman–Crippen MR) is 158 cm³/mol. The highest BCUT2D eigenvalue weighted by Crippen LogP contribution is 2.40. The molecular weight excluding hydrogens is 500 g/mol. The number of para-hydroxylation sites is 1. The zero-order chi connectivity index (χ0) is 28.1. The summed E-state index contributed by atoms with van der Waals surface area (Å²) in [7, 11) is 0. The third-order valence-corrected chi connectivity index (χ3v) is 9.48. The molecule has 0 bridgehead atoms. The monoisotopic (exact) mass is 544 g/mol. The van der Waals surface area contributed by atoms with Gasteiger partial charge in [-0.3, -0.25) is 14.4 Å². The van der Waals surface area contributed by atoms with Crippen molar-refractivity contribution < 1.29 is 14.4 Å². The minimum Gasteiger partial charge on any atom is -0.342 e. The number of amides is 3. The second kappa shape index (κ2) is 12.4. The van der Waals surface area contributed by atoms with E-state index >= 15 is 0 Å². The van der Waals surface area contributed by atoms with Crippen molar-refractivity contribution in [2.45, 2.75) is 64.3 Å². The Bertz CT molecular complexity index is 1150. The van der Waals surface area contributed by atoms with Crippen LogP contribution in [0.2, 0.25) is 0 Å². The lowest BCUT2D eigenvalue weighted by atomic mass is 9.84. The van der Waals surface area contributed by atoms with E-state index < -0.39 is 5.54 Å². The van der Waals surface area contributed by atoms with Gasteiger partial charge < -0.3 is 19.6 Å². The van der Waals surface area contributed by atoms with Crippen LogP contribution in [0.25, 0.3) is 0 Å². The molecule has 0 saturated carbocycles. The Balaban J connectivity index is 1.24. The van der Waals surface area contributed by atoms with Gasteiger partial charge in [0, 0.05) is 37.8 Å². The van der Waals surface area contributed by atoms with Crippen molar-refractivity contribution >= 4 is 23.4 Å². The maximum absolute atomic E-state index is 14.1. The third kappa shape index (κ3) is 5.74. The number of rotatable bonds is 8. The fraction of sp³-hybridized carbons (Fsp3) is 0.545. The molecule has 1 spiro atoms. The highest BCUT2D eigenvalue weighted by atomic mass is 16.2. The van der Waals surface area contributed by atoms with Crippen molar-refractivity contribution in [3.63, 3.8) is 0 Å². The Kier molecular flexibility index (Phi) is 8.77. The molecule has 0 unspecified atom stereocenters. The van der Waals surface area contributed by atoms with Gasteiger partial charge in [0.15, 0.2) is 0 Å². The van der Waals surface area contributed by atoms with Crippen molar-refractivity contribution in [2.75, 3.05) is 44.3 Å². The molecule has 3 aliphatic heterocycles. The number of likely N-dealkylation sites (tertiary alicyclic amines) is 2. The summed E-state index contributed by atoms with van der Waals surface area (Å²) in [5.41, 5.74) is 1.64. The summed E-state index contributed by atoms with van der Waals surface area (Å²) in [5, 5.41) is 0. The highest BCUT2D eigenvalue weighted by Gasteiger charge is 2.54. The largest absolute Gasteiger partial charge is 0.342 e. The van der Waals surface area contributed by atoms with Crippen LogP contribution in [0.5, 0.6) is 0 Å². The minimum absolute atomic E-state index is 0.0262. The number of hydrogen-bond acceptors (Lipinski definition) is 4. The van der Waals surface area contributed by atoms with Crippen LogP contribution in [0.3, 0.4) is 0 Å². The van der Waals surface area contributed by atoms with E-state index in [0.717, 1.165) is 50.9 Å². The average Bonchev–Trinajstić information content (AvgIpc) is 3.25. The summed E-state index contributed by atoms with van der Waals surface area (Å²) in [5.74, 6) is 0.907. The number of carbonyl (C=O) groups excluding carboxylic acids is 3. The number of benzene rings is 2. The highest BCUT2D eigenvalue weighted by molar-refractivity contribution is 5.96. The second-order valence-electron chi connectivity index (χ2n) is 11.8. The molecule has 3 amide bonds.